The molecule has 26 heavy (non-hydrogen) atoms. The fourth-order valence-corrected chi connectivity index (χ4v) is 3.67. The summed E-state index contributed by atoms with van der Waals surface area (Å²) in [7, 11) is 0. The summed E-state index contributed by atoms with van der Waals surface area (Å²) in [5.41, 5.74) is 3.29. The third-order valence-corrected chi connectivity index (χ3v) is 5.11. The Morgan fingerprint density at radius 3 is 2.69 bits per heavy atom. The second kappa shape index (κ2) is 7.68. The first-order valence-electron chi connectivity index (χ1n) is 9.30. The largest absolute Gasteiger partial charge is 0.366 e. The first kappa shape index (κ1) is 16.8. The van der Waals surface area contributed by atoms with Gasteiger partial charge in [-0.25, -0.2) is 14.8 Å². The maximum Gasteiger partial charge on any atom is 0.320 e. The van der Waals surface area contributed by atoms with Crippen LogP contribution in [-0.4, -0.2) is 57.0 Å². The van der Waals surface area contributed by atoms with E-state index in [1.54, 1.807) is 12.5 Å². The van der Waals surface area contributed by atoms with E-state index in [-0.39, 0.29) is 6.03 Å². The summed E-state index contributed by atoms with van der Waals surface area (Å²) >= 11 is 0. The lowest BCUT2D eigenvalue weighted by molar-refractivity contribution is 0.164. The monoisotopic (exact) mass is 352 g/mol. The summed E-state index contributed by atoms with van der Waals surface area (Å²) in [6, 6.07) is 4.14. The van der Waals surface area contributed by atoms with Gasteiger partial charge in [0.2, 0.25) is 0 Å². The van der Waals surface area contributed by atoms with Gasteiger partial charge in [0.15, 0.2) is 0 Å². The number of carbonyl (C=O) groups is 1. The molecule has 0 atom stereocenters. The van der Waals surface area contributed by atoms with Gasteiger partial charge in [-0.2, -0.15) is 0 Å². The molecule has 4 rings (SSSR count). The fourth-order valence-electron chi connectivity index (χ4n) is 3.67. The van der Waals surface area contributed by atoms with E-state index in [2.05, 4.69) is 20.3 Å². The quantitative estimate of drug-likeness (QED) is 0.916. The fraction of sp³-hybridized carbons (Fsp3) is 0.474. The number of urea groups is 1. The zero-order valence-electron chi connectivity index (χ0n) is 14.9. The van der Waals surface area contributed by atoms with Gasteiger partial charge < -0.3 is 15.1 Å². The molecule has 2 aliphatic rings. The zero-order valence-corrected chi connectivity index (χ0v) is 14.9. The molecule has 2 aromatic heterocycles. The number of likely N-dealkylation sites (tertiary alicyclic amines) is 1. The molecule has 0 aliphatic carbocycles. The number of rotatable bonds is 3. The Hall–Kier alpha value is -2.70. The van der Waals surface area contributed by atoms with Crippen LogP contribution in [0.25, 0.3) is 0 Å². The van der Waals surface area contributed by atoms with Crippen LogP contribution in [0, 0.1) is 0 Å². The van der Waals surface area contributed by atoms with Crippen molar-refractivity contribution in [1.29, 1.82) is 0 Å². The second-order valence-corrected chi connectivity index (χ2v) is 6.83. The van der Waals surface area contributed by atoms with E-state index in [0.29, 0.717) is 6.54 Å². The number of carbonyl (C=O) groups excluding carboxylic acids is 1. The molecule has 2 amide bonds. The van der Waals surface area contributed by atoms with E-state index in [4.69, 9.17) is 0 Å². The van der Waals surface area contributed by atoms with Crippen molar-refractivity contribution in [2.24, 2.45) is 0 Å². The topological polar surface area (TPSA) is 74.2 Å². The highest BCUT2D eigenvalue weighted by Crippen LogP contribution is 2.22. The molecule has 2 aromatic rings. The smallest absolute Gasteiger partial charge is 0.320 e. The van der Waals surface area contributed by atoms with Crippen LogP contribution in [0.5, 0.6) is 0 Å². The highest BCUT2D eigenvalue weighted by Gasteiger charge is 2.26. The summed E-state index contributed by atoms with van der Waals surface area (Å²) in [6.45, 7) is 3.90. The summed E-state index contributed by atoms with van der Waals surface area (Å²) in [6.07, 6.45) is 9.03. The zero-order chi connectivity index (χ0) is 17.8. The minimum atomic E-state index is 0.174. The minimum absolute atomic E-state index is 0.174. The van der Waals surface area contributed by atoms with Gasteiger partial charge in [0, 0.05) is 57.1 Å². The van der Waals surface area contributed by atoms with Crippen molar-refractivity contribution in [2.75, 3.05) is 31.5 Å². The third kappa shape index (κ3) is 3.61. The standard InChI is InChI=1S/C19H24N6O/c26-19(24-8-1-2-9-24)25-10-5-16-17(6-11-25)22-14-23-18(16)21-13-15-4-3-7-20-12-15/h3-4,7,12,14H,1-2,5-6,8-11,13H2,(H,21,22,23). The molecule has 0 bridgehead atoms. The van der Waals surface area contributed by atoms with E-state index in [1.165, 1.54) is 0 Å². The molecule has 4 heterocycles. The number of anilines is 1. The molecular weight excluding hydrogens is 328 g/mol. The third-order valence-electron chi connectivity index (χ3n) is 5.11. The molecule has 0 aromatic carbocycles. The van der Waals surface area contributed by atoms with E-state index in [9.17, 15) is 4.79 Å². The molecule has 1 fully saturated rings. The highest BCUT2D eigenvalue weighted by atomic mass is 16.2. The van der Waals surface area contributed by atoms with Gasteiger partial charge in [-0.05, 0) is 30.9 Å². The Morgan fingerprint density at radius 2 is 1.88 bits per heavy atom. The Kier molecular flexibility index (Phi) is 4.95. The van der Waals surface area contributed by atoms with Crippen molar-refractivity contribution in [3.05, 3.63) is 47.7 Å². The number of aromatic nitrogens is 3. The second-order valence-electron chi connectivity index (χ2n) is 6.83. The number of pyridine rings is 1. The molecule has 7 nitrogen and oxygen atoms in total. The maximum absolute atomic E-state index is 12.7. The average Bonchev–Trinajstić information content (AvgIpc) is 3.13. The predicted octanol–water partition coefficient (Wildman–Crippen LogP) is 2.10. The number of amides is 2. The van der Waals surface area contributed by atoms with Gasteiger partial charge in [0.25, 0.3) is 0 Å². The van der Waals surface area contributed by atoms with Crippen LogP contribution >= 0.6 is 0 Å². The summed E-state index contributed by atoms with van der Waals surface area (Å²) < 4.78 is 0. The van der Waals surface area contributed by atoms with E-state index >= 15 is 0 Å². The van der Waals surface area contributed by atoms with Crippen molar-refractivity contribution in [3.63, 3.8) is 0 Å². The van der Waals surface area contributed by atoms with Crippen molar-refractivity contribution in [2.45, 2.75) is 32.2 Å². The van der Waals surface area contributed by atoms with Crippen LogP contribution in [-0.2, 0) is 19.4 Å². The lowest BCUT2D eigenvalue weighted by Crippen LogP contribution is -2.42. The van der Waals surface area contributed by atoms with Gasteiger partial charge >= 0.3 is 6.03 Å². The number of hydrogen-bond donors (Lipinski definition) is 1. The molecule has 1 N–H and O–H groups in total. The average molecular weight is 352 g/mol. The lowest BCUT2D eigenvalue weighted by Gasteiger charge is -2.26. The molecule has 2 aliphatic heterocycles. The van der Waals surface area contributed by atoms with Crippen LogP contribution in [0.2, 0.25) is 0 Å². The molecule has 0 saturated carbocycles. The van der Waals surface area contributed by atoms with Crippen molar-refractivity contribution in [1.82, 2.24) is 24.8 Å². The van der Waals surface area contributed by atoms with E-state index in [1.807, 2.05) is 28.1 Å². The molecular formula is C19H24N6O. The van der Waals surface area contributed by atoms with Crippen LogP contribution in [0.1, 0.15) is 29.7 Å². The Balaban J connectivity index is 1.45. The Morgan fingerprint density at radius 1 is 1.08 bits per heavy atom. The molecule has 1 saturated heterocycles. The van der Waals surface area contributed by atoms with Gasteiger partial charge in [0.05, 0.1) is 5.69 Å². The molecule has 0 radical (unpaired) electrons. The number of fused-ring (bicyclic) bond motifs is 1. The van der Waals surface area contributed by atoms with Gasteiger partial charge in [-0.1, -0.05) is 6.07 Å². The number of hydrogen-bond acceptors (Lipinski definition) is 5. The van der Waals surface area contributed by atoms with Crippen LogP contribution in [0.4, 0.5) is 10.6 Å². The number of nitrogens with one attached hydrogen (secondary N) is 1. The molecule has 0 spiro atoms. The minimum Gasteiger partial charge on any atom is -0.366 e. The Labute approximate surface area is 153 Å². The van der Waals surface area contributed by atoms with Gasteiger partial charge in [0.1, 0.15) is 12.1 Å². The summed E-state index contributed by atoms with van der Waals surface area (Å²) in [4.78, 5) is 29.7. The van der Waals surface area contributed by atoms with Crippen molar-refractivity contribution >= 4 is 11.8 Å². The Bertz CT molecular complexity index is 760. The molecule has 0 unspecified atom stereocenters. The van der Waals surface area contributed by atoms with E-state index in [0.717, 1.165) is 74.5 Å². The summed E-state index contributed by atoms with van der Waals surface area (Å²) in [5.74, 6) is 0.870. The van der Waals surface area contributed by atoms with E-state index < -0.39 is 0 Å². The normalized spacial score (nSPS) is 16.9. The molecule has 136 valence electrons. The van der Waals surface area contributed by atoms with Gasteiger partial charge in [-0.15, -0.1) is 0 Å². The SMILES string of the molecule is O=C(N1CCCC1)N1CCc2ncnc(NCc3cccnc3)c2CC1. The first-order chi connectivity index (χ1) is 12.8. The summed E-state index contributed by atoms with van der Waals surface area (Å²) in [5, 5.41) is 3.41. The predicted molar refractivity (Wildman–Crippen MR) is 98.8 cm³/mol. The highest BCUT2D eigenvalue weighted by molar-refractivity contribution is 5.75. The van der Waals surface area contributed by atoms with Crippen LogP contribution in [0.3, 0.4) is 0 Å². The first-order valence-corrected chi connectivity index (χ1v) is 9.30. The van der Waals surface area contributed by atoms with Gasteiger partial charge in [-0.3, -0.25) is 4.98 Å². The van der Waals surface area contributed by atoms with Crippen LogP contribution < -0.4 is 5.32 Å². The van der Waals surface area contributed by atoms with Crippen molar-refractivity contribution in [3.8, 4) is 0 Å². The van der Waals surface area contributed by atoms with Crippen molar-refractivity contribution < 1.29 is 4.79 Å². The lowest BCUT2D eigenvalue weighted by atomic mass is 10.1. The number of nitrogens with zero attached hydrogens (tertiary/aromatic N) is 5. The van der Waals surface area contributed by atoms with Crippen LogP contribution in [0.15, 0.2) is 30.9 Å². The molecule has 7 heteroatoms. The maximum atomic E-state index is 12.7.